The highest BCUT2D eigenvalue weighted by Crippen LogP contribution is 2.21. The molecule has 4 heteroatoms. The maximum atomic E-state index is 13.6. The molecular formula is C14H13FN2S. The van der Waals surface area contributed by atoms with Gasteiger partial charge in [-0.15, -0.1) is 0 Å². The van der Waals surface area contributed by atoms with E-state index in [1.54, 1.807) is 18.2 Å². The molecule has 92 valence electrons. The zero-order valence-electron chi connectivity index (χ0n) is 9.91. The Labute approximate surface area is 111 Å². The van der Waals surface area contributed by atoms with Gasteiger partial charge in [-0.25, -0.2) is 4.39 Å². The maximum absolute atomic E-state index is 13.6. The van der Waals surface area contributed by atoms with E-state index in [1.807, 2.05) is 25.1 Å². The van der Waals surface area contributed by atoms with E-state index in [9.17, 15) is 4.39 Å². The van der Waals surface area contributed by atoms with E-state index < -0.39 is 0 Å². The molecule has 0 radical (unpaired) electrons. The minimum atomic E-state index is -0.270. The molecule has 0 aromatic heterocycles. The number of hydrogen-bond donors (Lipinski definition) is 2. The Morgan fingerprint density at radius 3 is 2.39 bits per heavy atom. The fourth-order valence-corrected chi connectivity index (χ4v) is 1.73. The summed E-state index contributed by atoms with van der Waals surface area (Å²) in [6.45, 7) is 1.85. The molecule has 0 spiro atoms. The molecular weight excluding hydrogens is 247 g/mol. The van der Waals surface area contributed by atoms with Gasteiger partial charge in [-0.1, -0.05) is 18.3 Å². The lowest BCUT2D eigenvalue weighted by Crippen LogP contribution is -2.08. The SMILES string of the molecule is Cc1ccc(Nc2ccc(C(N)=S)cc2)c(F)c1. The second-order valence-electron chi connectivity index (χ2n) is 4.05. The summed E-state index contributed by atoms with van der Waals surface area (Å²) >= 11 is 4.87. The second-order valence-corrected chi connectivity index (χ2v) is 4.49. The van der Waals surface area contributed by atoms with Crippen LogP contribution < -0.4 is 11.1 Å². The molecule has 0 saturated heterocycles. The molecule has 0 atom stereocenters. The Kier molecular flexibility index (Phi) is 3.58. The summed E-state index contributed by atoms with van der Waals surface area (Å²) in [4.78, 5) is 0.350. The molecule has 0 fully saturated rings. The van der Waals surface area contributed by atoms with Crippen molar-refractivity contribution in [3.63, 3.8) is 0 Å². The lowest BCUT2D eigenvalue weighted by Gasteiger charge is -2.08. The van der Waals surface area contributed by atoms with Crippen molar-refractivity contribution in [3.05, 3.63) is 59.4 Å². The summed E-state index contributed by atoms with van der Waals surface area (Å²) in [5.74, 6) is -0.270. The molecule has 2 aromatic rings. The molecule has 3 N–H and O–H groups in total. The van der Waals surface area contributed by atoms with Crippen LogP contribution in [0.4, 0.5) is 15.8 Å². The van der Waals surface area contributed by atoms with E-state index in [2.05, 4.69) is 5.32 Å². The van der Waals surface area contributed by atoms with Gasteiger partial charge in [-0.2, -0.15) is 0 Å². The van der Waals surface area contributed by atoms with Gasteiger partial charge < -0.3 is 11.1 Å². The van der Waals surface area contributed by atoms with Crippen LogP contribution >= 0.6 is 12.2 Å². The number of hydrogen-bond acceptors (Lipinski definition) is 2. The van der Waals surface area contributed by atoms with Crippen LogP contribution in [0.15, 0.2) is 42.5 Å². The number of rotatable bonds is 3. The van der Waals surface area contributed by atoms with Gasteiger partial charge in [0.15, 0.2) is 0 Å². The van der Waals surface area contributed by atoms with Crippen LogP contribution in [0.2, 0.25) is 0 Å². The Morgan fingerprint density at radius 1 is 1.17 bits per heavy atom. The highest BCUT2D eigenvalue weighted by molar-refractivity contribution is 7.80. The smallest absolute Gasteiger partial charge is 0.146 e. The summed E-state index contributed by atoms with van der Waals surface area (Å²) in [5, 5.41) is 3.01. The molecule has 18 heavy (non-hydrogen) atoms. The lowest BCUT2D eigenvalue weighted by atomic mass is 10.2. The van der Waals surface area contributed by atoms with E-state index >= 15 is 0 Å². The van der Waals surface area contributed by atoms with Crippen molar-refractivity contribution >= 4 is 28.6 Å². The molecule has 0 amide bonds. The van der Waals surface area contributed by atoms with Crippen LogP contribution in [-0.4, -0.2) is 4.99 Å². The molecule has 0 saturated carbocycles. The van der Waals surface area contributed by atoms with Gasteiger partial charge in [0, 0.05) is 11.3 Å². The third-order valence-corrected chi connectivity index (χ3v) is 2.81. The molecule has 0 aliphatic carbocycles. The van der Waals surface area contributed by atoms with Crippen molar-refractivity contribution < 1.29 is 4.39 Å². The van der Waals surface area contributed by atoms with Crippen LogP contribution in [0.3, 0.4) is 0 Å². The first-order valence-corrected chi connectivity index (χ1v) is 5.90. The highest BCUT2D eigenvalue weighted by atomic mass is 32.1. The predicted octanol–water partition coefficient (Wildman–Crippen LogP) is 3.51. The number of nitrogens with one attached hydrogen (secondary N) is 1. The second kappa shape index (κ2) is 5.14. The summed E-state index contributed by atoms with van der Waals surface area (Å²) in [6.07, 6.45) is 0. The first-order chi connectivity index (χ1) is 8.56. The van der Waals surface area contributed by atoms with Gasteiger partial charge in [0.05, 0.1) is 5.69 Å². The Bertz CT molecular complexity index is 579. The Hall–Kier alpha value is -1.94. The number of aryl methyl sites for hydroxylation is 1. The van der Waals surface area contributed by atoms with E-state index in [0.717, 1.165) is 16.8 Å². The van der Waals surface area contributed by atoms with Crippen LogP contribution in [0.5, 0.6) is 0 Å². The minimum Gasteiger partial charge on any atom is -0.389 e. The molecule has 2 aromatic carbocycles. The molecule has 0 heterocycles. The predicted molar refractivity (Wildman–Crippen MR) is 76.7 cm³/mol. The largest absolute Gasteiger partial charge is 0.389 e. The van der Waals surface area contributed by atoms with Gasteiger partial charge in [-0.3, -0.25) is 0 Å². The fourth-order valence-electron chi connectivity index (χ4n) is 1.59. The lowest BCUT2D eigenvalue weighted by molar-refractivity contribution is 0.631. The number of halogens is 1. The van der Waals surface area contributed by atoms with Crippen LogP contribution in [0, 0.1) is 12.7 Å². The van der Waals surface area contributed by atoms with E-state index in [0.29, 0.717) is 10.7 Å². The van der Waals surface area contributed by atoms with Gasteiger partial charge in [0.1, 0.15) is 10.8 Å². The van der Waals surface area contributed by atoms with Crippen LogP contribution in [0.1, 0.15) is 11.1 Å². The highest BCUT2D eigenvalue weighted by Gasteiger charge is 2.03. The van der Waals surface area contributed by atoms with Gasteiger partial charge >= 0.3 is 0 Å². The fraction of sp³-hybridized carbons (Fsp3) is 0.0714. The van der Waals surface area contributed by atoms with E-state index in [-0.39, 0.29) is 5.82 Å². The Balaban J connectivity index is 2.21. The van der Waals surface area contributed by atoms with Crippen LogP contribution in [0.25, 0.3) is 0 Å². The standard InChI is InChI=1S/C14H13FN2S/c1-9-2-7-13(12(15)8-9)17-11-5-3-10(4-6-11)14(16)18/h2-8,17H,1H3,(H2,16,18). The van der Waals surface area contributed by atoms with Crippen LogP contribution in [-0.2, 0) is 0 Å². The average molecular weight is 260 g/mol. The van der Waals surface area contributed by atoms with Crippen molar-refractivity contribution in [1.82, 2.24) is 0 Å². The number of benzene rings is 2. The summed E-state index contributed by atoms with van der Waals surface area (Å²) in [5.41, 5.74) is 8.43. The summed E-state index contributed by atoms with van der Waals surface area (Å²) < 4.78 is 13.6. The molecule has 0 aliphatic heterocycles. The first kappa shape index (κ1) is 12.5. The normalized spacial score (nSPS) is 10.1. The quantitative estimate of drug-likeness (QED) is 0.829. The minimum absolute atomic E-state index is 0.270. The molecule has 0 unspecified atom stereocenters. The number of anilines is 2. The van der Waals surface area contributed by atoms with Gasteiger partial charge in [0.2, 0.25) is 0 Å². The molecule has 0 aliphatic rings. The van der Waals surface area contributed by atoms with Crippen molar-refractivity contribution in [2.75, 3.05) is 5.32 Å². The van der Waals surface area contributed by atoms with Crippen molar-refractivity contribution in [2.45, 2.75) is 6.92 Å². The summed E-state index contributed by atoms with van der Waals surface area (Å²) in [7, 11) is 0. The zero-order chi connectivity index (χ0) is 13.1. The van der Waals surface area contributed by atoms with E-state index in [4.69, 9.17) is 18.0 Å². The van der Waals surface area contributed by atoms with E-state index in [1.165, 1.54) is 6.07 Å². The Morgan fingerprint density at radius 2 is 1.83 bits per heavy atom. The van der Waals surface area contributed by atoms with Gasteiger partial charge in [0.25, 0.3) is 0 Å². The monoisotopic (exact) mass is 260 g/mol. The van der Waals surface area contributed by atoms with Crippen molar-refractivity contribution in [2.24, 2.45) is 5.73 Å². The number of nitrogens with two attached hydrogens (primary N) is 1. The third kappa shape index (κ3) is 2.84. The third-order valence-electron chi connectivity index (χ3n) is 2.57. The molecule has 2 rings (SSSR count). The van der Waals surface area contributed by atoms with Gasteiger partial charge in [-0.05, 0) is 48.9 Å². The zero-order valence-corrected chi connectivity index (χ0v) is 10.7. The van der Waals surface area contributed by atoms with Crippen molar-refractivity contribution in [1.29, 1.82) is 0 Å². The first-order valence-electron chi connectivity index (χ1n) is 5.49. The summed E-state index contributed by atoms with van der Waals surface area (Å²) in [6, 6.07) is 12.3. The van der Waals surface area contributed by atoms with Crippen molar-refractivity contribution in [3.8, 4) is 0 Å². The number of thiocarbonyl (C=S) groups is 1. The topological polar surface area (TPSA) is 38.0 Å². The average Bonchev–Trinajstić information content (AvgIpc) is 2.33. The maximum Gasteiger partial charge on any atom is 0.146 e. The molecule has 2 nitrogen and oxygen atoms in total. The molecule has 0 bridgehead atoms.